The van der Waals surface area contributed by atoms with E-state index in [1.54, 1.807) is 29.2 Å². The van der Waals surface area contributed by atoms with Crippen molar-refractivity contribution in [3.05, 3.63) is 75.5 Å². The smallest absolute Gasteiger partial charge is 0.272 e. The molecule has 5 heterocycles. The summed E-state index contributed by atoms with van der Waals surface area (Å²) in [5.74, 6) is 0.104. The number of aromatic nitrogens is 2. The Morgan fingerprint density at radius 2 is 1.60 bits per heavy atom. The number of piperazine rings is 1. The molecule has 4 saturated heterocycles. The molecule has 4 fully saturated rings. The van der Waals surface area contributed by atoms with Gasteiger partial charge in [0.15, 0.2) is 0 Å². The van der Waals surface area contributed by atoms with Gasteiger partial charge in [0, 0.05) is 82.7 Å². The first-order valence-corrected chi connectivity index (χ1v) is 15.9. The van der Waals surface area contributed by atoms with Gasteiger partial charge in [-0.1, -0.05) is 24.3 Å². The van der Waals surface area contributed by atoms with E-state index < -0.39 is 5.82 Å². The fraction of sp³-hybridized carbons (Fsp3) is 0.515. The molecule has 0 unspecified atom stereocenters. The number of nitrogens with one attached hydrogen (secondary N) is 2. The van der Waals surface area contributed by atoms with Crippen LogP contribution >= 0.6 is 12.4 Å². The first-order valence-electron chi connectivity index (χ1n) is 15.9. The molecule has 45 heavy (non-hydrogen) atoms. The molecule has 2 aromatic carbocycles. The van der Waals surface area contributed by atoms with Crippen molar-refractivity contribution in [2.24, 2.45) is 11.8 Å². The van der Waals surface area contributed by atoms with Crippen LogP contribution in [0.1, 0.15) is 34.5 Å². The monoisotopic (exact) mass is 637 g/mol. The lowest BCUT2D eigenvalue weighted by Gasteiger charge is -2.49. The number of carbonyl (C=O) groups excluding carboxylic acids is 2. The predicted octanol–water partition coefficient (Wildman–Crippen LogP) is 1.97. The van der Waals surface area contributed by atoms with Crippen LogP contribution in [-0.4, -0.2) is 120 Å². The van der Waals surface area contributed by atoms with Gasteiger partial charge in [0.25, 0.3) is 11.5 Å². The standard InChI is InChI=1S/C33H40FN7O3.ClH/c34-29-6-5-22(16-30-26-3-1-2-4-27(26)31(42)37-36-30)15-28(29)33(44)41-13-11-40(12-14-41)32(43)24-7-9-39(10-8-24)25-20-38(21-25)19-23-17-35-18-23;/h1-6,15,23-25,35H,7-14,16-21H2,(H,37,42);1H. The molecule has 1 aromatic heterocycles. The summed E-state index contributed by atoms with van der Waals surface area (Å²) >= 11 is 0. The molecule has 12 heteroatoms. The van der Waals surface area contributed by atoms with Gasteiger partial charge in [-0.15, -0.1) is 12.4 Å². The van der Waals surface area contributed by atoms with Gasteiger partial charge in [0.1, 0.15) is 5.82 Å². The molecule has 0 atom stereocenters. The Bertz CT molecular complexity index is 1590. The zero-order valence-corrected chi connectivity index (χ0v) is 26.2. The molecule has 0 radical (unpaired) electrons. The third kappa shape index (κ3) is 6.63. The van der Waals surface area contributed by atoms with Crippen molar-refractivity contribution < 1.29 is 14.0 Å². The molecule has 240 valence electrons. The normalized spacial score (nSPS) is 20.5. The number of hydrogen-bond donors (Lipinski definition) is 2. The molecule has 4 aliphatic heterocycles. The quantitative estimate of drug-likeness (QED) is 0.408. The van der Waals surface area contributed by atoms with Crippen molar-refractivity contribution >= 4 is 35.0 Å². The zero-order valence-electron chi connectivity index (χ0n) is 25.4. The fourth-order valence-electron chi connectivity index (χ4n) is 7.18. The summed E-state index contributed by atoms with van der Waals surface area (Å²) in [5.41, 5.74) is 1.13. The van der Waals surface area contributed by atoms with Crippen LogP contribution in [0.4, 0.5) is 4.39 Å². The van der Waals surface area contributed by atoms with Crippen LogP contribution in [0, 0.1) is 17.7 Å². The summed E-state index contributed by atoms with van der Waals surface area (Å²) in [4.78, 5) is 47.6. The summed E-state index contributed by atoms with van der Waals surface area (Å²) in [6.45, 7) is 9.44. The summed E-state index contributed by atoms with van der Waals surface area (Å²) < 4.78 is 14.9. The highest BCUT2D eigenvalue weighted by Gasteiger charge is 2.38. The van der Waals surface area contributed by atoms with E-state index in [9.17, 15) is 18.8 Å². The van der Waals surface area contributed by atoms with E-state index in [0.717, 1.165) is 69.0 Å². The number of rotatable bonds is 7. The van der Waals surface area contributed by atoms with Gasteiger partial charge in [-0.05, 0) is 55.6 Å². The number of aromatic amines is 1. The van der Waals surface area contributed by atoms with Crippen molar-refractivity contribution in [2.45, 2.75) is 25.3 Å². The molecule has 3 aromatic rings. The van der Waals surface area contributed by atoms with Crippen molar-refractivity contribution in [1.82, 2.24) is 35.1 Å². The molecule has 10 nitrogen and oxygen atoms in total. The maximum Gasteiger partial charge on any atom is 0.272 e. The highest BCUT2D eigenvalue weighted by Crippen LogP contribution is 2.26. The second kappa shape index (κ2) is 13.5. The van der Waals surface area contributed by atoms with Crippen molar-refractivity contribution in [3.63, 3.8) is 0 Å². The Kier molecular flexibility index (Phi) is 9.51. The van der Waals surface area contributed by atoms with Crippen LogP contribution < -0.4 is 10.9 Å². The van der Waals surface area contributed by atoms with Crippen LogP contribution in [-0.2, 0) is 11.2 Å². The molecule has 0 spiro atoms. The van der Waals surface area contributed by atoms with E-state index in [1.807, 2.05) is 17.0 Å². The van der Waals surface area contributed by atoms with Gasteiger partial charge in [-0.3, -0.25) is 24.2 Å². The number of nitrogens with zero attached hydrogens (tertiary/aromatic N) is 5. The van der Waals surface area contributed by atoms with E-state index in [2.05, 4.69) is 25.3 Å². The molecule has 0 aliphatic carbocycles. The number of H-pyrrole nitrogens is 1. The number of carbonyl (C=O) groups is 2. The number of amides is 2. The Hall–Kier alpha value is -3.38. The van der Waals surface area contributed by atoms with Gasteiger partial charge in [-0.2, -0.15) is 5.10 Å². The number of hydrogen-bond acceptors (Lipinski definition) is 7. The van der Waals surface area contributed by atoms with Crippen LogP contribution in [0.2, 0.25) is 0 Å². The highest BCUT2D eigenvalue weighted by molar-refractivity contribution is 5.95. The summed E-state index contributed by atoms with van der Waals surface area (Å²) in [6.07, 6.45) is 2.12. The van der Waals surface area contributed by atoms with Gasteiger partial charge in [0.2, 0.25) is 5.91 Å². The molecule has 0 bridgehead atoms. The van der Waals surface area contributed by atoms with Crippen LogP contribution in [0.5, 0.6) is 0 Å². The van der Waals surface area contributed by atoms with Gasteiger partial charge < -0.3 is 15.1 Å². The van der Waals surface area contributed by atoms with Gasteiger partial charge in [-0.25, -0.2) is 9.49 Å². The maximum atomic E-state index is 14.9. The van der Waals surface area contributed by atoms with Crippen molar-refractivity contribution in [1.29, 1.82) is 0 Å². The van der Waals surface area contributed by atoms with Gasteiger partial charge in [0.05, 0.1) is 16.6 Å². The minimum absolute atomic E-state index is 0. The van der Waals surface area contributed by atoms with Crippen LogP contribution in [0.3, 0.4) is 0 Å². The van der Waals surface area contributed by atoms with Crippen LogP contribution in [0.25, 0.3) is 10.8 Å². The minimum atomic E-state index is -0.571. The van der Waals surface area contributed by atoms with E-state index in [4.69, 9.17) is 0 Å². The van der Waals surface area contributed by atoms with Gasteiger partial charge >= 0.3 is 0 Å². The first-order chi connectivity index (χ1) is 21.4. The molecule has 7 rings (SSSR count). The highest BCUT2D eigenvalue weighted by atomic mass is 35.5. The van der Waals surface area contributed by atoms with Crippen molar-refractivity contribution in [3.8, 4) is 0 Å². The van der Waals surface area contributed by atoms with Crippen molar-refractivity contribution in [2.75, 3.05) is 72.0 Å². The topological polar surface area (TPSA) is 105 Å². The lowest BCUT2D eigenvalue weighted by molar-refractivity contribution is -0.139. The predicted molar refractivity (Wildman–Crippen MR) is 172 cm³/mol. The first kappa shape index (κ1) is 31.6. The SMILES string of the molecule is Cl.O=C(c1cc(Cc2n[nH]c(=O)c3ccccc23)ccc1F)N1CCN(C(=O)C2CCN(C3CN(CC4CNC4)C3)CC2)CC1. The summed E-state index contributed by atoms with van der Waals surface area (Å²) in [5, 5.41) is 11.4. The van der Waals surface area contributed by atoms with E-state index in [1.165, 1.54) is 12.6 Å². The molecular formula is C33H41ClFN7O3. The molecule has 2 N–H and O–H groups in total. The Labute approximate surface area is 268 Å². The molecule has 4 aliphatic rings. The largest absolute Gasteiger partial charge is 0.339 e. The zero-order chi connectivity index (χ0) is 30.2. The average molecular weight is 638 g/mol. The van der Waals surface area contributed by atoms with E-state index >= 15 is 0 Å². The molecular weight excluding hydrogens is 597 g/mol. The lowest BCUT2D eigenvalue weighted by atomic mass is 9.92. The summed E-state index contributed by atoms with van der Waals surface area (Å²) in [7, 11) is 0. The number of halogens is 2. The Balaban J connectivity index is 0.00000357. The third-order valence-corrected chi connectivity index (χ3v) is 10.0. The van der Waals surface area contributed by atoms with E-state index in [-0.39, 0.29) is 41.3 Å². The second-order valence-electron chi connectivity index (χ2n) is 12.9. The van der Waals surface area contributed by atoms with Crippen LogP contribution in [0.15, 0.2) is 47.3 Å². The Morgan fingerprint density at radius 3 is 2.29 bits per heavy atom. The fourth-order valence-corrected chi connectivity index (χ4v) is 7.18. The van der Waals surface area contributed by atoms with E-state index in [0.29, 0.717) is 49.7 Å². The lowest BCUT2D eigenvalue weighted by Crippen LogP contribution is -2.63. The Morgan fingerprint density at radius 1 is 0.911 bits per heavy atom. The number of piperidine rings is 1. The molecule has 2 amide bonds. The number of likely N-dealkylation sites (tertiary alicyclic amines) is 2. The minimum Gasteiger partial charge on any atom is -0.339 e. The average Bonchev–Trinajstić information content (AvgIpc) is 3.01. The maximum absolute atomic E-state index is 14.9. The third-order valence-electron chi connectivity index (χ3n) is 10.0. The summed E-state index contributed by atoms with van der Waals surface area (Å²) in [6, 6.07) is 12.4. The number of fused-ring (bicyclic) bond motifs is 1. The number of benzene rings is 2. The molecule has 0 saturated carbocycles. The second-order valence-corrected chi connectivity index (χ2v) is 12.9.